The van der Waals surface area contributed by atoms with Gasteiger partial charge in [-0.2, -0.15) is 0 Å². The molecule has 0 radical (unpaired) electrons. The molecule has 18 heavy (non-hydrogen) atoms. The highest BCUT2D eigenvalue weighted by molar-refractivity contribution is 5.20. The molecular weight excluding hydrogens is 222 g/mol. The maximum absolute atomic E-state index is 5.72. The van der Waals surface area contributed by atoms with E-state index in [1.54, 1.807) is 0 Å². The summed E-state index contributed by atoms with van der Waals surface area (Å²) in [7, 11) is 2.26. The minimum absolute atomic E-state index is 0.815. The van der Waals surface area contributed by atoms with Crippen molar-refractivity contribution in [3.63, 3.8) is 0 Å². The van der Waals surface area contributed by atoms with E-state index in [0.29, 0.717) is 0 Å². The summed E-state index contributed by atoms with van der Waals surface area (Å²) < 4.78 is 5.72. The summed E-state index contributed by atoms with van der Waals surface area (Å²) in [5, 5.41) is 0. The van der Waals surface area contributed by atoms with Gasteiger partial charge in [0.1, 0.15) is 5.75 Å². The second-order valence-electron chi connectivity index (χ2n) is 5.29. The lowest BCUT2D eigenvalue weighted by atomic mass is 9.94. The SMILES string of the molecule is CN(CCCOc1ccccc1)C1CCCCC1. The molecule has 0 aromatic heterocycles. The summed E-state index contributed by atoms with van der Waals surface area (Å²) in [6.45, 7) is 1.97. The zero-order chi connectivity index (χ0) is 12.6. The lowest BCUT2D eigenvalue weighted by Crippen LogP contribution is -2.34. The van der Waals surface area contributed by atoms with Crippen molar-refractivity contribution in [1.29, 1.82) is 0 Å². The summed E-state index contributed by atoms with van der Waals surface area (Å²) in [6.07, 6.45) is 8.14. The van der Waals surface area contributed by atoms with Crippen LogP contribution in [0.25, 0.3) is 0 Å². The normalized spacial score (nSPS) is 17.0. The Bertz CT molecular complexity index is 319. The van der Waals surface area contributed by atoms with E-state index >= 15 is 0 Å². The van der Waals surface area contributed by atoms with Crippen molar-refractivity contribution in [2.24, 2.45) is 0 Å². The van der Waals surface area contributed by atoms with Crippen molar-refractivity contribution < 1.29 is 4.74 Å². The molecule has 1 saturated carbocycles. The molecule has 0 heterocycles. The molecule has 2 nitrogen and oxygen atoms in total. The minimum Gasteiger partial charge on any atom is -0.494 e. The summed E-state index contributed by atoms with van der Waals surface area (Å²) in [6, 6.07) is 10.9. The van der Waals surface area contributed by atoms with Gasteiger partial charge in [-0.3, -0.25) is 0 Å². The molecule has 0 bridgehead atoms. The zero-order valence-electron chi connectivity index (χ0n) is 11.5. The Kier molecular flexibility index (Phi) is 5.53. The van der Waals surface area contributed by atoms with Crippen molar-refractivity contribution in [1.82, 2.24) is 4.90 Å². The lowest BCUT2D eigenvalue weighted by Gasteiger charge is -2.31. The fourth-order valence-electron chi connectivity index (χ4n) is 2.73. The fourth-order valence-corrected chi connectivity index (χ4v) is 2.73. The molecule has 0 amide bonds. The third-order valence-electron chi connectivity index (χ3n) is 3.87. The van der Waals surface area contributed by atoms with Crippen LogP contribution in [0.2, 0.25) is 0 Å². The van der Waals surface area contributed by atoms with Crippen molar-refractivity contribution in [2.75, 3.05) is 20.2 Å². The molecular formula is C16H25NO. The highest BCUT2D eigenvalue weighted by Gasteiger charge is 2.17. The highest BCUT2D eigenvalue weighted by Crippen LogP contribution is 2.21. The number of hydrogen-bond donors (Lipinski definition) is 0. The Hall–Kier alpha value is -1.02. The van der Waals surface area contributed by atoms with E-state index in [-0.39, 0.29) is 0 Å². The van der Waals surface area contributed by atoms with Crippen molar-refractivity contribution >= 4 is 0 Å². The average Bonchev–Trinajstić information content (AvgIpc) is 2.45. The smallest absolute Gasteiger partial charge is 0.119 e. The molecule has 1 aromatic carbocycles. The largest absolute Gasteiger partial charge is 0.494 e. The molecule has 100 valence electrons. The predicted octanol–water partition coefficient (Wildman–Crippen LogP) is 3.72. The molecule has 1 aliphatic carbocycles. The van der Waals surface area contributed by atoms with Gasteiger partial charge in [0.05, 0.1) is 6.61 Å². The van der Waals surface area contributed by atoms with Gasteiger partial charge in [0.2, 0.25) is 0 Å². The van der Waals surface area contributed by atoms with Gasteiger partial charge in [-0.1, -0.05) is 37.5 Å². The Morgan fingerprint density at radius 2 is 1.83 bits per heavy atom. The molecule has 0 saturated heterocycles. The molecule has 0 spiro atoms. The first kappa shape index (κ1) is 13.4. The van der Waals surface area contributed by atoms with Crippen LogP contribution in [0, 0.1) is 0 Å². The number of para-hydroxylation sites is 1. The maximum Gasteiger partial charge on any atom is 0.119 e. The predicted molar refractivity (Wildman–Crippen MR) is 76.1 cm³/mol. The molecule has 0 N–H and O–H groups in total. The van der Waals surface area contributed by atoms with Gasteiger partial charge >= 0.3 is 0 Å². The molecule has 0 unspecified atom stereocenters. The van der Waals surface area contributed by atoms with E-state index in [4.69, 9.17) is 4.74 Å². The average molecular weight is 247 g/mol. The first-order valence-corrected chi connectivity index (χ1v) is 7.24. The van der Waals surface area contributed by atoms with Gasteiger partial charge in [-0.15, -0.1) is 0 Å². The molecule has 1 aliphatic rings. The standard InChI is InChI=1S/C16H25NO/c1-17(15-9-4-2-5-10-15)13-8-14-18-16-11-6-3-7-12-16/h3,6-7,11-12,15H,2,4-5,8-10,13-14H2,1H3. The molecule has 1 fully saturated rings. The minimum atomic E-state index is 0.815. The maximum atomic E-state index is 5.72. The summed E-state index contributed by atoms with van der Waals surface area (Å²) in [4.78, 5) is 2.52. The number of nitrogens with zero attached hydrogens (tertiary/aromatic N) is 1. The van der Waals surface area contributed by atoms with E-state index in [0.717, 1.165) is 31.4 Å². The highest BCUT2D eigenvalue weighted by atomic mass is 16.5. The quantitative estimate of drug-likeness (QED) is 0.710. The summed E-state index contributed by atoms with van der Waals surface area (Å²) in [5.41, 5.74) is 0. The monoisotopic (exact) mass is 247 g/mol. The second-order valence-corrected chi connectivity index (χ2v) is 5.29. The van der Waals surface area contributed by atoms with Gasteiger partial charge in [0.25, 0.3) is 0 Å². The third-order valence-corrected chi connectivity index (χ3v) is 3.87. The second kappa shape index (κ2) is 7.42. The Labute approximate surface area is 111 Å². The van der Waals surface area contributed by atoms with Gasteiger partial charge in [0.15, 0.2) is 0 Å². The van der Waals surface area contributed by atoms with Crippen LogP contribution >= 0.6 is 0 Å². The number of ether oxygens (including phenoxy) is 1. The Morgan fingerprint density at radius 1 is 1.11 bits per heavy atom. The number of hydrogen-bond acceptors (Lipinski definition) is 2. The molecule has 0 aliphatic heterocycles. The van der Waals surface area contributed by atoms with Gasteiger partial charge < -0.3 is 9.64 Å². The van der Waals surface area contributed by atoms with Crippen LogP contribution in [0.15, 0.2) is 30.3 Å². The van der Waals surface area contributed by atoms with Gasteiger partial charge in [-0.05, 0) is 38.4 Å². The molecule has 1 aromatic rings. The summed E-state index contributed by atoms with van der Waals surface area (Å²) in [5.74, 6) is 0.984. The third kappa shape index (κ3) is 4.34. The van der Waals surface area contributed by atoms with Crippen LogP contribution in [-0.2, 0) is 0 Å². The number of benzene rings is 1. The van der Waals surface area contributed by atoms with E-state index < -0.39 is 0 Å². The summed E-state index contributed by atoms with van der Waals surface area (Å²) >= 11 is 0. The van der Waals surface area contributed by atoms with Crippen molar-refractivity contribution in [3.05, 3.63) is 30.3 Å². The number of rotatable bonds is 6. The van der Waals surface area contributed by atoms with Crippen molar-refractivity contribution in [2.45, 2.75) is 44.6 Å². The molecule has 0 atom stereocenters. The topological polar surface area (TPSA) is 12.5 Å². The Morgan fingerprint density at radius 3 is 2.56 bits per heavy atom. The Balaban J connectivity index is 1.60. The van der Waals surface area contributed by atoms with E-state index in [2.05, 4.69) is 11.9 Å². The first-order valence-electron chi connectivity index (χ1n) is 7.24. The zero-order valence-corrected chi connectivity index (χ0v) is 11.5. The first-order chi connectivity index (χ1) is 8.86. The van der Waals surface area contributed by atoms with Crippen LogP contribution in [0.5, 0.6) is 5.75 Å². The van der Waals surface area contributed by atoms with Crippen LogP contribution in [-0.4, -0.2) is 31.1 Å². The fraction of sp³-hybridized carbons (Fsp3) is 0.625. The molecule has 2 heteroatoms. The van der Waals surface area contributed by atoms with Gasteiger partial charge in [0, 0.05) is 12.6 Å². The lowest BCUT2D eigenvalue weighted by molar-refractivity contribution is 0.177. The van der Waals surface area contributed by atoms with Crippen LogP contribution in [0.4, 0.5) is 0 Å². The van der Waals surface area contributed by atoms with E-state index in [1.807, 2.05) is 30.3 Å². The van der Waals surface area contributed by atoms with Crippen LogP contribution in [0.1, 0.15) is 38.5 Å². The van der Waals surface area contributed by atoms with Crippen LogP contribution < -0.4 is 4.74 Å². The van der Waals surface area contributed by atoms with Crippen LogP contribution in [0.3, 0.4) is 0 Å². The van der Waals surface area contributed by atoms with E-state index in [1.165, 1.54) is 32.1 Å². The van der Waals surface area contributed by atoms with Crippen molar-refractivity contribution in [3.8, 4) is 5.75 Å². The molecule has 2 rings (SSSR count). The van der Waals surface area contributed by atoms with Gasteiger partial charge in [-0.25, -0.2) is 0 Å². The van der Waals surface area contributed by atoms with E-state index in [9.17, 15) is 0 Å².